The molecule has 0 spiro atoms. The Labute approximate surface area is 252 Å². The second kappa shape index (κ2) is 8.76. The SMILES string of the molecule is c1ccc2c(c1)Oc1cccc3nc(-c4ccc(-n5c6ccccc6c6c7ccccc7c7ccccc7c65)cc4)nc-2c13. The lowest BCUT2D eigenvalue weighted by molar-refractivity contribution is 0.486. The van der Waals surface area contributed by atoms with Crippen molar-refractivity contribution in [2.75, 3.05) is 0 Å². The zero-order chi connectivity index (χ0) is 28.8. The van der Waals surface area contributed by atoms with Gasteiger partial charge >= 0.3 is 0 Å². The fraction of sp³-hybridized carbons (Fsp3) is 0. The summed E-state index contributed by atoms with van der Waals surface area (Å²) in [4.78, 5) is 10.1. The summed E-state index contributed by atoms with van der Waals surface area (Å²) in [5, 5.41) is 8.55. The maximum Gasteiger partial charge on any atom is 0.160 e. The maximum atomic E-state index is 6.20. The van der Waals surface area contributed by atoms with Crippen LogP contribution in [0.4, 0.5) is 0 Å². The molecule has 0 saturated carbocycles. The predicted molar refractivity (Wildman–Crippen MR) is 180 cm³/mol. The topological polar surface area (TPSA) is 39.9 Å². The van der Waals surface area contributed by atoms with Gasteiger partial charge in [-0.2, -0.15) is 0 Å². The van der Waals surface area contributed by atoms with Gasteiger partial charge in [0.2, 0.25) is 0 Å². The molecule has 0 fully saturated rings. The van der Waals surface area contributed by atoms with Crippen molar-refractivity contribution < 1.29 is 4.74 Å². The van der Waals surface area contributed by atoms with Gasteiger partial charge in [0.05, 0.1) is 27.6 Å². The number of fused-ring (bicyclic) bond motifs is 10. The molecular formula is C40H23N3O. The minimum absolute atomic E-state index is 0.701. The van der Waals surface area contributed by atoms with Crippen LogP contribution in [-0.2, 0) is 0 Å². The number of nitrogens with zero attached hydrogens (tertiary/aromatic N) is 3. The van der Waals surface area contributed by atoms with Crippen molar-refractivity contribution in [1.82, 2.24) is 14.5 Å². The van der Waals surface area contributed by atoms with Crippen LogP contribution in [0.15, 0.2) is 140 Å². The largest absolute Gasteiger partial charge is 0.456 e. The maximum absolute atomic E-state index is 6.20. The first-order valence-electron chi connectivity index (χ1n) is 14.8. The Hall–Kier alpha value is -6.00. The van der Waals surface area contributed by atoms with Gasteiger partial charge in [-0.1, -0.05) is 84.9 Å². The summed E-state index contributed by atoms with van der Waals surface area (Å²) in [6.07, 6.45) is 0. The van der Waals surface area contributed by atoms with Crippen molar-refractivity contribution in [1.29, 1.82) is 0 Å². The van der Waals surface area contributed by atoms with Crippen LogP contribution >= 0.6 is 0 Å². The van der Waals surface area contributed by atoms with Gasteiger partial charge in [0, 0.05) is 33.0 Å². The minimum Gasteiger partial charge on any atom is -0.456 e. The number of ether oxygens (including phenoxy) is 1. The molecule has 0 N–H and O–H groups in total. The van der Waals surface area contributed by atoms with Crippen molar-refractivity contribution >= 4 is 54.3 Å². The molecule has 0 bridgehead atoms. The van der Waals surface area contributed by atoms with E-state index >= 15 is 0 Å². The Morgan fingerprint density at radius 3 is 1.98 bits per heavy atom. The molecular weight excluding hydrogens is 538 g/mol. The zero-order valence-electron chi connectivity index (χ0n) is 23.5. The summed E-state index contributed by atoms with van der Waals surface area (Å²) in [7, 11) is 0. The Bertz CT molecular complexity index is 2630. The summed E-state index contributed by atoms with van der Waals surface area (Å²) in [6, 6.07) is 49.0. The minimum atomic E-state index is 0.701. The molecule has 3 heterocycles. The quantitative estimate of drug-likeness (QED) is 0.197. The first-order chi connectivity index (χ1) is 21.8. The van der Waals surface area contributed by atoms with Crippen LogP contribution in [0.1, 0.15) is 0 Å². The molecule has 0 aliphatic carbocycles. The van der Waals surface area contributed by atoms with E-state index in [-0.39, 0.29) is 0 Å². The second-order valence-corrected chi connectivity index (χ2v) is 11.4. The Kier molecular flexibility index (Phi) is 4.69. The van der Waals surface area contributed by atoms with E-state index in [4.69, 9.17) is 14.7 Å². The number of benzene rings is 7. The summed E-state index contributed by atoms with van der Waals surface area (Å²) in [5.74, 6) is 2.31. The van der Waals surface area contributed by atoms with Gasteiger partial charge < -0.3 is 9.30 Å². The van der Waals surface area contributed by atoms with Crippen LogP contribution in [0.5, 0.6) is 11.5 Å². The van der Waals surface area contributed by atoms with Crippen molar-refractivity contribution in [3.63, 3.8) is 0 Å². The van der Waals surface area contributed by atoms with Crippen molar-refractivity contribution in [3.05, 3.63) is 140 Å². The monoisotopic (exact) mass is 561 g/mol. The van der Waals surface area contributed by atoms with Crippen LogP contribution in [-0.4, -0.2) is 14.5 Å². The highest BCUT2D eigenvalue weighted by atomic mass is 16.5. The van der Waals surface area contributed by atoms with Crippen LogP contribution in [0, 0.1) is 0 Å². The van der Waals surface area contributed by atoms with E-state index in [0.29, 0.717) is 5.82 Å². The molecule has 1 aliphatic heterocycles. The molecule has 0 radical (unpaired) electrons. The summed E-state index contributed by atoms with van der Waals surface area (Å²) in [5.41, 5.74) is 7.26. The molecule has 0 atom stereocenters. The van der Waals surface area contributed by atoms with Gasteiger partial charge in [-0.15, -0.1) is 0 Å². The van der Waals surface area contributed by atoms with E-state index < -0.39 is 0 Å². The van der Waals surface area contributed by atoms with Gasteiger partial charge in [-0.05, 0) is 70.8 Å². The molecule has 0 amide bonds. The summed E-state index contributed by atoms with van der Waals surface area (Å²) < 4.78 is 8.61. The number of rotatable bonds is 2. The number of para-hydroxylation sites is 2. The summed E-state index contributed by atoms with van der Waals surface area (Å²) in [6.45, 7) is 0. The average molecular weight is 562 g/mol. The van der Waals surface area contributed by atoms with E-state index in [1.54, 1.807) is 0 Å². The molecule has 10 rings (SSSR count). The van der Waals surface area contributed by atoms with E-state index in [0.717, 1.165) is 44.9 Å². The molecule has 0 unspecified atom stereocenters. The molecule has 2 aromatic heterocycles. The Balaban J connectivity index is 1.21. The highest BCUT2D eigenvalue weighted by molar-refractivity contribution is 6.32. The third-order valence-electron chi connectivity index (χ3n) is 8.97. The molecule has 9 aromatic rings. The predicted octanol–water partition coefficient (Wildman–Crippen LogP) is 10.5. The Morgan fingerprint density at radius 1 is 0.477 bits per heavy atom. The molecule has 4 nitrogen and oxygen atoms in total. The molecule has 204 valence electrons. The van der Waals surface area contributed by atoms with Crippen LogP contribution in [0.2, 0.25) is 0 Å². The smallest absolute Gasteiger partial charge is 0.160 e. The van der Waals surface area contributed by atoms with Crippen molar-refractivity contribution in [3.8, 4) is 39.8 Å². The van der Waals surface area contributed by atoms with Crippen LogP contribution in [0.25, 0.3) is 82.6 Å². The van der Waals surface area contributed by atoms with E-state index in [9.17, 15) is 0 Å². The second-order valence-electron chi connectivity index (χ2n) is 11.4. The van der Waals surface area contributed by atoms with Gasteiger partial charge in [0.25, 0.3) is 0 Å². The number of aromatic nitrogens is 3. The molecule has 7 aromatic carbocycles. The highest BCUT2D eigenvalue weighted by Gasteiger charge is 2.23. The zero-order valence-corrected chi connectivity index (χ0v) is 23.5. The third kappa shape index (κ3) is 3.17. The standard InChI is InChI=1S/C40H23N3O/c1-3-12-28-26(10-1)27-11-2-4-13-29(27)39-36(28)30-14-5-7-17-33(30)43(39)25-22-20-24(21-23-25)40-41-32-16-9-19-35-37(32)38(42-40)31-15-6-8-18-34(31)44-35/h1-23H. The fourth-order valence-corrected chi connectivity index (χ4v) is 7.09. The van der Waals surface area contributed by atoms with Crippen molar-refractivity contribution in [2.24, 2.45) is 0 Å². The van der Waals surface area contributed by atoms with Gasteiger partial charge in [-0.3, -0.25) is 0 Å². The van der Waals surface area contributed by atoms with Gasteiger partial charge in [0.15, 0.2) is 5.82 Å². The molecule has 4 heteroatoms. The van der Waals surface area contributed by atoms with E-state index in [2.05, 4.69) is 108 Å². The number of hydrogen-bond acceptors (Lipinski definition) is 3. The summed E-state index contributed by atoms with van der Waals surface area (Å²) >= 11 is 0. The van der Waals surface area contributed by atoms with Gasteiger partial charge in [-0.25, -0.2) is 9.97 Å². The highest BCUT2D eigenvalue weighted by Crippen LogP contribution is 2.46. The molecule has 1 aliphatic rings. The van der Waals surface area contributed by atoms with Gasteiger partial charge in [0.1, 0.15) is 11.5 Å². The lowest BCUT2D eigenvalue weighted by Gasteiger charge is -2.20. The first kappa shape index (κ1) is 23.6. The number of hydrogen-bond donors (Lipinski definition) is 0. The van der Waals surface area contributed by atoms with E-state index in [1.807, 2.05) is 36.4 Å². The molecule has 0 saturated heterocycles. The van der Waals surface area contributed by atoms with E-state index in [1.165, 1.54) is 43.4 Å². The molecule has 44 heavy (non-hydrogen) atoms. The lowest BCUT2D eigenvalue weighted by Crippen LogP contribution is -2.02. The van der Waals surface area contributed by atoms with Crippen LogP contribution < -0.4 is 4.74 Å². The lowest BCUT2D eigenvalue weighted by atomic mass is 9.97. The van der Waals surface area contributed by atoms with Crippen molar-refractivity contribution in [2.45, 2.75) is 0 Å². The normalized spacial score (nSPS) is 12.3. The average Bonchev–Trinajstić information content (AvgIpc) is 3.44. The first-order valence-corrected chi connectivity index (χ1v) is 14.8. The third-order valence-corrected chi connectivity index (χ3v) is 8.97. The Morgan fingerprint density at radius 2 is 1.14 bits per heavy atom. The fourth-order valence-electron chi connectivity index (χ4n) is 7.09. The van der Waals surface area contributed by atoms with Crippen LogP contribution in [0.3, 0.4) is 0 Å².